The summed E-state index contributed by atoms with van der Waals surface area (Å²) in [6.45, 7) is 2.36. The molecule has 0 aromatic rings. The van der Waals surface area contributed by atoms with Crippen molar-refractivity contribution in [3.05, 3.63) is 22.3 Å². The van der Waals surface area contributed by atoms with Crippen LogP contribution in [0, 0.1) is 18.3 Å². The molecule has 3 aliphatic carbocycles. The van der Waals surface area contributed by atoms with Gasteiger partial charge in [0.25, 0.3) is 0 Å². The molecule has 3 aliphatic rings. The monoisotopic (exact) mass is 374 g/mol. The second-order valence-corrected chi connectivity index (χ2v) is 7.74. The number of carbonyl (C=O) groups is 1. The first-order valence-electron chi connectivity index (χ1n) is 7.60. The van der Waals surface area contributed by atoms with Gasteiger partial charge in [0.05, 0.1) is 0 Å². The van der Waals surface area contributed by atoms with Gasteiger partial charge < -0.3 is 24.8 Å². The van der Waals surface area contributed by atoms with Gasteiger partial charge in [-0.2, -0.15) is 0 Å². The molecular weight excluding hydrogens is 355 g/mol. The Morgan fingerprint density at radius 3 is 2.59 bits per heavy atom. The van der Waals surface area contributed by atoms with Gasteiger partial charge >= 0.3 is 130 Å². The summed E-state index contributed by atoms with van der Waals surface area (Å²) in [6.07, 6.45) is 14.0. The molecule has 3 rings (SSSR count). The Morgan fingerprint density at radius 1 is 1.18 bits per heavy atom. The third-order valence-corrected chi connectivity index (χ3v) is 6.77. The van der Waals surface area contributed by atoms with Gasteiger partial charge in [-0.1, -0.05) is 0 Å². The molecule has 0 radical (unpaired) electrons. The first-order chi connectivity index (χ1) is 9.72. The van der Waals surface area contributed by atoms with E-state index in [9.17, 15) is 4.79 Å². The molecule has 0 bridgehead atoms. The number of rotatable bonds is 2. The summed E-state index contributed by atoms with van der Waals surface area (Å²) in [5.74, 6) is 2.19. The molecular formula is C17H20Cl2O2Ti. The number of terminal acetylenes is 1. The standard InChI is InChI=1S/C14H19.C3H2O2.2ClH.Ti/c1-10-11-6-2-4-8-13(11)14-9-5-3-7-12(10)14;1-2-3(4)5;;;/h6,10H,2-5,7-9H2,1H3;1H,(H,4,5);2*1H;/q;;;;+3/p-3. The van der Waals surface area contributed by atoms with Crippen molar-refractivity contribution < 1.29 is 52.5 Å². The molecule has 0 aliphatic heterocycles. The van der Waals surface area contributed by atoms with E-state index in [1.807, 2.05) is 0 Å². The molecule has 2 unspecified atom stereocenters. The molecule has 0 heterocycles. The van der Waals surface area contributed by atoms with Crippen LogP contribution in [-0.2, 0) is 27.7 Å². The minimum absolute atomic E-state index is 0. The van der Waals surface area contributed by atoms with Crippen LogP contribution >= 0.6 is 0 Å². The summed E-state index contributed by atoms with van der Waals surface area (Å²) in [7, 11) is 0. The zero-order chi connectivity index (χ0) is 14.1. The fourth-order valence-corrected chi connectivity index (χ4v) is 5.94. The van der Waals surface area contributed by atoms with Gasteiger partial charge in [0.2, 0.25) is 0 Å². The van der Waals surface area contributed by atoms with Gasteiger partial charge in [-0.3, -0.25) is 0 Å². The number of fused-ring (bicyclic) bond motifs is 1. The van der Waals surface area contributed by atoms with Crippen molar-refractivity contribution in [1.82, 2.24) is 0 Å². The van der Waals surface area contributed by atoms with Crippen molar-refractivity contribution in [2.24, 2.45) is 5.92 Å². The van der Waals surface area contributed by atoms with E-state index in [4.69, 9.17) is 9.74 Å². The van der Waals surface area contributed by atoms with E-state index < -0.39 is 25.5 Å². The summed E-state index contributed by atoms with van der Waals surface area (Å²) < 4.78 is 5.85. The Hall–Kier alpha value is -0.196. The fraction of sp³-hybridized carbons (Fsp3) is 0.588. The van der Waals surface area contributed by atoms with Crippen molar-refractivity contribution in [2.45, 2.75) is 56.1 Å². The Labute approximate surface area is 154 Å². The van der Waals surface area contributed by atoms with Crippen LogP contribution in [0.5, 0.6) is 0 Å². The van der Waals surface area contributed by atoms with E-state index >= 15 is 0 Å². The molecule has 0 spiro atoms. The molecule has 0 aromatic carbocycles. The van der Waals surface area contributed by atoms with E-state index in [1.165, 1.54) is 44.9 Å². The topological polar surface area (TPSA) is 26.3 Å². The molecule has 0 saturated heterocycles. The zero-order valence-corrected chi connectivity index (χ0v) is 15.8. The van der Waals surface area contributed by atoms with Crippen molar-refractivity contribution in [3.63, 3.8) is 0 Å². The Morgan fingerprint density at radius 2 is 1.86 bits per heavy atom. The number of halogens is 2. The van der Waals surface area contributed by atoms with Crippen LogP contribution in [0.25, 0.3) is 0 Å². The largest absolute Gasteiger partial charge is 1.00 e. The van der Waals surface area contributed by atoms with Gasteiger partial charge in [-0.25, -0.2) is 0 Å². The fourth-order valence-electron chi connectivity index (χ4n) is 4.10. The van der Waals surface area contributed by atoms with E-state index in [0.717, 1.165) is 0 Å². The summed E-state index contributed by atoms with van der Waals surface area (Å²) in [4.78, 5) is 11.2. The first-order valence-corrected chi connectivity index (χ1v) is 9.14. The van der Waals surface area contributed by atoms with Gasteiger partial charge in [-0.05, 0) is 0 Å². The number of hydrogen-bond donors (Lipinski definition) is 0. The van der Waals surface area contributed by atoms with Crippen LogP contribution in [0.1, 0.15) is 51.9 Å². The van der Waals surface area contributed by atoms with Crippen LogP contribution in [0.2, 0.25) is 4.22 Å². The van der Waals surface area contributed by atoms with Crippen LogP contribution in [0.15, 0.2) is 22.3 Å². The second-order valence-electron chi connectivity index (χ2n) is 5.96. The van der Waals surface area contributed by atoms with Crippen LogP contribution in [0.4, 0.5) is 0 Å². The van der Waals surface area contributed by atoms with Gasteiger partial charge in [-0.15, -0.1) is 0 Å². The quantitative estimate of drug-likeness (QED) is 0.411. The normalized spacial score (nSPS) is 25.8. The molecule has 118 valence electrons. The summed E-state index contributed by atoms with van der Waals surface area (Å²) in [6, 6.07) is 0. The maximum absolute atomic E-state index is 11.2. The van der Waals surface area contributed by atoms with E-state index in [-0.39, 0.29) is 24.8 Å². The predicted molar refractivity (Wildman–Crippen MR) is 74.2 cm³/mol. The summed E-state index contributed by atoms with van der Waals surface area (Å²) >= 11 is -0.756. The molecule has 2 atom stereocenters. The van der Waals surface area contributed by atoms with Gasteiger partial charge in [0.15, 0.2) is 0 Å². The van der Waals surface area contributed by atoms with E-state index in [1.54, 1.807) is 22.3 Å². The molecule has 0 aromatic heterocycles. The van der Waals surface area contributed by atoms with Crippen LogP contribution in [-0.4, -0.2) is 5.97 Å². The van der Waals surface area contributed by atoms with E-state index in [0.29, 0.717) is 10.1 Å². The molecule has 0 fully saturated rings. The maximum Gasteiger partial charge on any atom is -1.00 e. The van der Waals surface area contributed by atoms with Gasteiger partial charge in [0, 0.05) is 0 Å². The van der Waals surface area contributed by atoms with Crippen LogP contribution in [0.3, 0.4) is 0 Å². The van der Waals surface area contributed by atoms with Crippen molar-refractivity contribution in [1.29, 1.82) is 0 Å². The zero-order valence-electron chi connectivity index (χ0n) is 12.8. The van der Waals surface area contributed by atoms with Crippen LogP contribution < -0.4 is 24.8 Å². The Balaban J connectivity index is 0.00000121. The third kappa shape index (κ3) is 3.65. The number of hydrogen-bond acceptors (Lipinski definition) is 2. The van der Waals surface area contributed by atoms with Crippen molar-refractivity contribution in [2.75, 3.05) is 0 Å². The molecule has 0 N–H and O–H groups in total. The molecule has 2 nitrogen and oxygen atoms in total. The second kappa shape index (κ2) is 8.60. The van der Waals surface area contributed by atoms with Crippen molar-refractivity contribution in [3.8, 4) is 12.3 Å². The van der Waals surface area contributed by atoms with Crippen molar-refractivity contribution >= 4 is 5.97 Å². The summed E-state index contributed by atoms with van der Waals surface area (Å²) in [5, 5.41) is 0. The Bertz CT molecular complexity index is 545. The predicted octanol–water partition coefficient (Wildman–Crippen LogP) is -2.04. The summed E-state index contributed by atoms with van der Waals surface area (Å²) in [5.41, 5.74) is 6.64. The smallest absolute Gasteiger partial charge is 1.00 e. The third-order valence-electron chi connectivity index (χ3n) is 4.92. The SMILES string of the molecule is C#CC(=O)[O][Ti+2][CH]1CCCC2=C1C(C)C1=C2CCCC1.[Cl-].[Cl-]. The average Bonchev–Trinajstić information content (AvgIpc) is 2.79. The molecule has 0 saturated carbocycles. The number of carbonyl (C=O) groups excluding carboxylic acids is 1. The number of allylic oxidation sites excluding steroid dienone is 4. The molecule has 5 heteroatoms. The average molecular weight is 375 g/mol. The van der Waals surface area contributed by atoms with E-state index in [2.05, 4.69) is 12.8 Å². The maximum atomic E-state index is 11.2. The minimum Gasteiger partial charge on any atom is -1.00 e. The molecule has 22 heavy (non-hydrogen) atoms. The van der Waals surface area contributed by atoms with Gasteiger partial charge in [0.1, 0.15) is 0 Å². The first kappa shape index (κ1) is 19.9. The molecule has 0 amide bonds. The Kier molecular flexibility index (Phi) is 7.76. The minimum atomic E-state index is -0.756.